The Labute approximate surface area is 199 Å². The number of carbonyl (C=O) groups excluding carboxylic acids is 2. The minimum Gasteiger partial charge on any atom is -0.338 e. The molecule has 2 aromatic rings. The Hall–Kier alpha value is -3.24. The standard InChI is InChI=1S/C24H29N5O4S/c1-17(2)22(26-23-19-10-6-7-11-20(19)34(32,33)27-23)24(31)29-14-12-28(13-15-29)16-21(30)25-18-8-4-3-5-9-18/h3-11,17,22H,12-16H2,1-2H3,(H,25,30)(H,26,27)/t22-/m0/s1. The van der Waals surface area contributed by atoms with Gasteiger partial charge in [-0.2, -0.15) is 0 Å². The molecule has 2 amide bonds. The molecule has 2 N–H and O–H groups in total. The number of carbonyl (C=O) groups is 2. The number of anilines is 1. The quantitative estimate of drug-likeness (QED) is 0.647. The fourth-order valence-corrected chi connectivity index (χ4v) is 5.34. The lowest BCUT2D eigenvalue weighted by atomic mass is 10.0. The van der Waals surface area contributed by atoms with E-state index in [4.69, 9.17) is 0 Å². The van der Waals surface area contributed by atoms with Crippen LogP contribution in [0.15, 0.2) is 64.5 Å². The lowest BCUT2D eigenvalue weighted by Crippen LogP contribution is -2.53. The number of rotatable bonds is 6. The molecule has 0 unspecified atom stereocenters. The highest BCUT2D eigenvalue weighted by Gasteiger charge is 2.34. The van der Waals surface area contributed by atoms with Crippen LogP contribution in [-0.4, -0.2) is 74.6 Å². The lowest BCUT2D eigenvalue weighted by molar-refractivity contribution is -0.135. The van der Waals surface area contributed by atoms with Crippen molar-refractivity contribution in [3.63, 3.8) is 0 Å². The van der Waals surface area contributed by atoms with Gasteiger partial charge in [-0.25, -0.2) is 8.42 Å². The van der Waals surface area contributed by atoms with Gasteiger partial charge >= 0.3 is 0 Å². The second-order valence-electron chi connectivity index (χ2n) is 8.78. The second kappa shape index (κ2) is 9.94. The smallest absolute Gasteiger partial charge is 0.263 e. The van der Waals surface area contributed by atoms with Crippen LogP contribution in [-0.2, 0) is 19.6 Å². The molecule has 9 nitrogen and oxygen atoms in total. The predicted octanol–water partition coefficient (Wildman–Crippen LogP) is 1.53. The van der Waals surface area contributed by atoms with Crippen LogP contribution < -0.4 is 10.0 Å². The third-order valence-corrected chi connectivity index (χ3v) is 7.32. The maximum Gasteiger partial charge on any atom is 0.263 e. The van der Waals surface area contributed by atoms with Gasteiger partial charge in [-0.15, -0.1) is 0 Å². The number of nitrogens with one attached hydrogen (secondary N) is 2. The van der Waals surface area contributed by atoms with Gasteiger partial charge in [-0.05, 0) is 30.2 Å². The number of amidine groups is 1. The molecule has 0 saturated carbocycles. The van der Waals surface area contributed by atoms with E-state index in [0.29, 0.717) is 31.7 Å². The summed E-state index contributed by atoms with van der Waals surface area (Å²) < 4.78 is 27.3. The fourth-order valence-electron chi connectivity index (χ4n) is 4.10. The topological polar surface area (TPSA) is 111 Å². The van der Waals surface area contributed by atoms with Crippen molar-refractivity contribution >= 4 is 33.4 Å². The van der Waals surface area contributed by atoms with Crippen LogP contribution in [0.5, 0.6) is 0 Å². The first-order valence-corrected chi connectivity index (χ1v) is 12.8. The van der Waals surface area contributed by atoms with Gasteiger partial charge in [0.15, 0.2) is 0 Å². The number of sulfonamides is 1. The van der Waals surface area contributed by atoms with Crippen LogP contribution >= 0.6 is 0 Å². The van der Waals surface area contributed by atoms with Crippen LogP contribution in [0.4, 0.5) is 5.69 Å². The highest BCUT2D eigenvalue weighted by atomic mass is 32.2. The van der Waals surface area contributed by atoms with Gasteiger partial charge in [0.05, 0.1) is 11.4 Å². The van der Waals surface area contributed by atoms with Gasteiger partial charge in [0.1, 0.15) is 11.9 Å². The van der Waals surface area contributed by atoms with E-state index < -0.39 is 16.1 Å². The molecule has 10 heteroatoms. The fraction of sp³-hybridized carbons (Fsp3) is 0.375. The molecule has 2 aliphatic heterocycles. The maximum absolute atomic E-state index is 13.3. The number of fused-ring (bicyclic) bond motifs is 1. The van der Waals surface area contributed by atoms with E-state index >= 15 is 0 Å². The molecule has 2 aliphatic rings. The molecular weight excluding hydrogens is 454 g/mol. The monoisotopic (exact) mass is 483 g/mol. The molecule has 0 spiro atoms. The van der Waals surface area contributed by atoms with Crippen LogP contribution in [0, 0.1) is 5.92 Å². The molecule has 2 aromatic carbocycles. The Morgan fingerprint density at radius 3 is 2.32 bits per heavy atom. The van der Waals surface area contributed by atoms with Crippen molar-refractivity contribution in [2.75, 3.05) is 38.0 Å². The Morgan fingerprint density at radius 2 is 1.65 bits per heavy atom. The van der Waals surface area contributed by atoms with E-state index in [-0.39, 0.29) is 35.0 Å². The number of amides is 2. The van der Waals surface area contributed by atoms with E-state index in [2.05, 4.69) is 15.0 Å². The maximum atomic E-state index is 13.3. The van der Waals surface area contributed by atoms with Gasteiger partial charge in [-0.1, -0.05) is 44.2 Å². The molecule has 2 heterocycles. The number of piperazine rings is 1. The minimum absolute atomic E-state index is 0.0929. The molecule has 0 aromatic heterocycles. The van der Waals surface area contributed by atoms with E-state index in [0.717, 1.165) is 5.69 Å². The molecule has 1 atom stereocenters. The van der Waals surface area contributed by atoms with Crippen molar-refractivity contribution < 1.29 is 18.0 Å². The first kappa shape index (κ1) is 23.9. The number of benzene rings is 2. The van der Waals surface area contributed by atoms with E-state index in [9.17, 15) is 18.0 Å². The summed E-state index contributed by atoms with van der Waals surface area (Å²) >= 11 is 0. The average molecular weight is 484 g/mol. The summed E-state index contributed by atoms with van der Waals surface area (Å²) in [5, 5.41) is 2.88. The summed E-state index contributed by atoms with van der Waals surface area (Å²) in [7, 11) is -3.67. The Kier molecular flexibility index (Phi) is 6.99. The lowest BCUT2D eigenvalue weighted by Gasteiger charge is -2.36. The van der Waals surface area contributed by atoms with Gasteiger partial charge in [0.25, 0.3) is 10.0 Å². The number of aliphatic imine (C=N–C) groups is 1. The molecule has 1 saturated heterocycles. The highest BCUT2D eigenvalue weighted by molar-refractivity contribution is 7.90. The predicted molar refractivity (Wildman–Crippen MR) is 130 cm³/mol. The molecule has 34 heavy (non-hydrogen) atoms. The van der Waals surface area contributed by atoms with Crippen LogP contribution in [0.1, 0.15) is 19.4 Å². The Balaban J connectivity index is 1.38. The zero-order chi connectivity index (χ0) is 24.3. The largest absolute Gasteiger partial charge is 0.338 e. The Morgan fingerprint density at radius 1 is 1.00 bits per heavy atom. The van der Waals surface area contributed by atoms with Crippen molar-refractivity contribution in [2.24, 2.45) is 10.9 Å². The SMILES string of the molecule is CC(C)[C@H](N=C1NS(=O)(=O)c2ccccc21)C(=O)N1CCN(CC(=O)Nc2ccccc2)CC1. The zero-order valence-corrected chi connectivity index (χ0v) is 20.1. The molecule has 0 bridgehead atoms. The summed E-state index contributed by atoms with van der Waals surface area (Å²) in [6.07, 6.45) is 0. The van der Waals surface area contributed by atoms with E-state index in [1.807, 2.05) is 49.1 Å². The Bertz CT molecular complexity index is 1190. The molecule has 1 fully saturated rings. The van der Waals surface area contributed by atoms with Crippen molar-refractivity contribution in [1.82, 2.24) is 14.5 Å². The second-order valence-corrected chi connectivity index (χ2v) is 10.4. The molecule has 4 rings (SSSR count). The molecule has 0 aliphatic carbocycles. The summed E-state index contributed by atoms with van der Waals surface area (Å²) in [6.45, 7) is 6.15. The van der Waals surface area contributed by atoms with E-state index in [1.165, 1.54) is 6.07 Å². The van der Waals surface area contributed by atoms with Crippen molar-refractivity contribution in [1.29, 1.82) is 0 Å². The molecule has 180 valence electrons. The third-order valence-electron chi connectivity index (χ3n) is 5.92. The number of hydrogen-bond donors (Lipinski definition) is 2. The summed E-state index contributed by atoms with van der Waals surface area (Å²) in [5.41, 5.74) is 1.24. The first-order valence-electron chi connectivity index (χ1n) is 11.3. The molecule has 0 radical (unpaired) electrons. The first-order chi connectivity index (χ1) is 16.2. The minimum atomic E-state index is -3.67. The van der Waals surface area contributed by atoms with Crippen LogP contribution in [0.3, 0.4) is 0 Å². The summed E-state index contributed by atoms with van der Waals surface area (Å²) in [4.78, 5) is 34.1. The average Bonchev–Trinajstić information content (AvgIpc) is 3.08. The number of nitrogens with zero attached hydrogens (tertiary/aromatic N) is 3. The number of para-hydroxylation sites is 1. The third kappa shape index (κ3) is 5.28. The van der Waals surface area contributed by atoms with Gasteiger partial charge < -0.3 is 10.2 Å². The van der Waals surface area contributed by atoms with Crippen molar-refractivity contribution in [2.45, 2.75) is 24.8 Å². The zero-order valence-electron chi connectivity index (χ0n) is 19.3. The summed E-state index contributed by atoms with van der Waals surface area (Å²) in [5.74, 6) is -0.144. The summed E-state index contributed by atoms with van der Waals surface area (Å²) in [6, 6.07) is 15.2. The van der Waals surface area contributed by atoms with Gasteiger partial charge in [0.2, 0.25) is 11.8 Å². The van der Waals surface area contributed by atoms with Crippen LogP contribution in [0.25, 0.3) is 0 Å². The van der Waals surface area contributed by atoms with Crippen molar-refractivity contribution in [3.8, 4) is 0 Å². The number of hydrogen-bond acceptors (Lipinski definition) is 6. The van der Waals surface area contributed by atoms with Gasteiger partial charge in [-0.3, -0.25) is 24.2 Å². The van der Waals surface area contributed by atoms with Crippen molar-refractivity contribution in [3.05, 3.63) is 60.2 Å². The van der Waals surface area contributed by atoms with E-state index in [1.54, 1.807) is 23.1 Å². The normalized spacial score (nSPS) is 19.5. The van der Waals surface area contributed by atoms with Gasteiger partial charge in [0, 0.05) is 37.4 Å². The highest BCUT2D eigenvalue weighted by Crippen LogP contribution is 2.24. The van der Waals surface area contributed by atoms with Crippen LogP contribution in [0.2, 0.25) is 0 Å². The molecular formula is C24H29N5O4S.